The van der Waals surface area contributed by atoms with E-state index in [4.69, 9.17) is 0 Å². The zero-order valence-electron chi connectivity index (χ0n) is 13.2. The monoisotopic (exact) mass is 290 g/mol. The predicted molar refractivity (Wildman–Crippen MR) is 81.2 cm³/mol. The summed E-state index contributed by atoms with van der Waals surface area (Å²) >= 11 is 0. The summed E-state index contributed by atoms with van der Waals surface area (Å²) in [4.78, 5) is 2.34. The van der Waals surface area contributed by atoms with Gasteiger partial charge in [-0.1, -0.05) is 13.8 Å². The predicted octanol–water partition coefficient (Wildman–Crippen LogP) is 1.52. The van der Waals surface area contributed by atoms with E-state index in [9.17, 15) is 8.42 Å². The van der Waals surface area contributed by atoms with Gasteiger partial charge in [0.05, 0.1) is 10.5 Å². The first-order valence-electron chi connectivity index (χ1n) is 7.24. The zero-order valence-corrected chi connectivity index (χ0v) is 14.0. The van der Waals surface area contributed by atoms with Crippen molar-refractivity contribution in [3.63, 3.8) is 0 Å². The van der Waals surface area contributed by atoms with Gasteiger partial charge in [-0.2, -0.15) is 0 Å². The van der Waals surface area contributed by atoms with Crippen molar-refractivity contribution in [3.8, 4) is 0 Å². The first kappa shape index (κ1) is 16.9. The number of hydrogen-bond acceptors (Lipinski definition) is 4. The van der Waals surface area contributed by atoms with Gasteiger partial charge in [0, 0.05) is 31.7 Å². The van der Waals surface area contributed by atoms with Crippen LogP contribution in [-0.2, 0) is 9.84 Å². The molecule has 114 valence electrons. The average molecular weight is 290 g/mol. The fourth-order valence-electron chi connectivity index (χ4n) is 2.46. The molecule has 0 aliphatic carbocycles. The third-order valence-electron chi connectivity index (χ3n) is 4.00. The van der Waals surface area contributed by atoms with E-state index in [1.165, 1.54) is 0 Å². The first-order chi connectivity index (χ1) is 8.54. The third kappa shape index (κ3) is 4.43. The van der Waals surface area contributed by atoms with Gasteiger partial charge in [-0.15, -0.1) is 0 Å². The van der Waals surface area contributed by atoms with Gasteiger partial charge in [0.15, 0.2) is 9.84 Å². The molecule has 0 aromatic rings. The van der Waals surface area contributed by atoms with Crippen LogP contribution in [0.5, 0.6) is 0 Å². The molecule has 4 nitrogen and oxygen atoms in total. The molecule has 19 heavy (non-hydrogen) atoms. The second kappa shape index (κ2) is 6.10. The number of nitrogens with zero attached hydrogens (tertiary/aromatic N) is 1. The van der Waals surface area contributed by atoms with Crippen LogP contribution in [0.15, 0.2) is 0 Å². The lowest BCUT2D eigenvalue weighted by Crippen LogP contribution is -2.58. The molecular formula is C14H30N2O2S. The maximum atomic E-state index is 12.2. The molecule has 1 saturated heterocycles. The molecule has 1 aliphatic heterocycles. The summed E-state index contributed by atoms with van der Waals surface area (Å²) in [6.45, 7) is 14.4. The lowest BCUT2D eigenvalue weighted by Gasteiger charge is -2.41. The van der Waals surface area contributed by atoms with E-state index in [0.717, 1.165) is 13.1 Å². The van der Waals surface area contributed by atoms with Gasteiger partial charge in [0.25, 0.3) is 0 Å². The molecular weight excluding hydrogens is 260 g/mol. The summed E-state index contributed by atoms with van der Waals surface area (Å²) < 4.78 is 23.8. The topological polar surface area (TPSA) is 49.4 Å². The van der Waals surface area contributed by atoms with E-state index >= 15 is 0 Å². The number of rotatable bonds is 4. The van der Waals surface area contributed by atoms with Crippen molar-refractivity contribution >= 4 is 9.84 Å². The molecule has 0 spiro atoms. The Kier molecular flexibility index (Phi) is 5.43. The number of hydrogen-bond donors (Lipinski definition) is 1. The molecule has 0 aromatic carbocycles. The molecule has 0 aromatic heterocycles. The SMILES string of the molecule is CC1CN(CCS(=O)(=O)C(C)(C)C)C(C(C)C)CN1. The molecule has 1 rings (SSSR count). The molecule has 1 aliphatic rings. The van der Waals surface area contributed by atoms with E-state index in [-0.39, 0.29) is 5.75 Å². The van der Waals surface area contributed by atoms with Gasteiger partial charge in [0.2, 0.25) is 0 Å². The van der Waals surface area contributed by atoms with Crippen LogP contribution in [0.25, 0.3) is 0 Å². The Bertz CT molecular complexity index is 385. The van der Waals surface area contributed by atoms with Gasteiger partial charge in [-0.05, 0) is 33.6 Å². The van der Waals surface area contributed by atoms with Crippen LogP contribution < -0.4 is 5.32 Å². The second-order valence-electron chi connectivity index (χ2n) is 7.05. The Balaban J connectivity index is 2.68. The molecule has 5 heteroatoms. The molecule has 1 fully saturated rings. The van der Waals surface area contributed by atoms with Gasteiger partial charge >= 0.3 is 0 Å². The van der Waals surface area contributed by atoms with Crippen molar-refractivity contribution in [3.05, 3.63) is 0 Å². The summed E-state index contributed by atoms with van der Waals surface area (Å²) in [5.74, 6) is 0.796. The van der Waals surface area contributed by atoms with E-state index < -0.39 is 14.6 Å². The van der Waals surface area contributed by atoms with Crippen LogP contribution in [0.3, 0.4) is 0 Å². The van der Waals surface area contributed by atoms with Crippen molar-refractivity contribution in [2.45, 2.75) is 58.4 Å². The molecule has 0 radical (unpaired) electrons. The maximum absolute atomic E-state index is 12.2. The molecule has 2 atom stereocenters. The smallest absolute Gasteiger partial charge is 0.156 e. The van der Waals surface area contributed by atoms with Crippen LogP contribution in [0.2, 0.25) is 0 Å². The number of nitrogens with one attached hydrogen (secondary N) is 1. The largest absolute Gasteiger partial charge is 0.311 e. The average Bonchev–Trinajstić information content (AvgIpc) is 2.24. The molecule has 0 saturated carbocycles. The van der Waals surface area contributed by atoms with Gasteiger partial charge in [-0.25, -0.2) is 8.42 Å². The normalized spacial score (nSPS) is 26.9. The van der Waals surface area contributed by atoms with Gasteiger partial charge in [0.1, 0.15) is 0 Å². The van der Waals surface area contributed by atoms with E-state index in [2.05, 4.69) is 31.0 Å². The summed E-state index contributed by atoms with van der Waals surface area (Å²) in [6.07, 6.45) is 0. The van der Waals surface area contributed by atoms with E-state index in [1.807, 2.05) is 0 Å². The van der Waals surface area contributed by atoms with Crippen molar-refractivity contribution in [2.24, 2.45) is 5.92 Å². The number of sulfone groups is 1. The number of piperazine rings is 1. The van der Waals surface area contributed by atoms with E-state index in [1.54, 1.807) is 20.8 Å². The first-order valence-corrected chi connectivity index (χ1v) is 8.89. The minimum atomic E-state index is -3.03. The van der Waals surface area contributed by atoms with Crippen molar-refractivity contribution in [1.29, 1.82) is 0 Å². The Hall–Kier alpha value is -0.130. The molecule has 0 bridgehead atoms. The van der Waals surface area contributed by atoms with Crippen LogP contribution in [0.4, 0.5) is 0 Å². The van der Waals surface area contributed by atoms with Crippen LogP contribution >= 0.6 is 0 Å². The lowest BCUT2D eigenvalue weighted by molar-refractivity contribution is 0.110. The van der Waals surface area contributed by atoms with Crippen molar-refractivity contribution in [1.82, 2.24) is 10.2 Å². The highest BCUT2D eigenvalue weighted by Gasteiger charge is 2.32. The maximum Gasteiger partial charge on any atom is 0.156 e. The van der Waals surface area contributed by atoms with E-state index in [0.29, 0.717) is 24.5 Å². The second-order valence-corrected chi connectivity index (χ2v) is 9.91. The molecule has 2 unspecified atom stereocenters. The van der Waals surface area contributed by atoms with Gasteiger partial charge < -0.3 is 5.32 Å². The Labute approximate surface area is 118 Å². The molecule has 1 N–H and O–H groups in total. The van der Waals surface area contributed by atoms with Crippen LogP contribution in [-0.4, -0.2) is 55.5 Å². The van der Waals surface area contributed by atoms with Crippen LogP contribution in [0.1, 0.15) is 41.5 Å². The minimum absolute atomic E-state index is 0.256. The summed E-state index contributed by atoms with van der Waals surface area (Å²) in [5, 5.41) is 3.48. The Morgan fingerprint density at radius 1 is 1.32 bits per heavy atom. The third-order valence-corrected chi connectivity index (χ3v) is 6.59. The standard InChI is InChI=1S/C14H30N2O2S/c1-11(2)13-9-15-12(3)10-16(13)7-8-19(17,18)14(4,5)6/h11-13,15H,7-10H2,1-6H3. The Morgan fingerprint density at radius 3 is 2.37 bits per heavy atom. The van der Waals surface area contributed by atoms with Gasteiger partial charge in [-0.3, -0.25) is 4.90 Å². The highest BCUT2D eigenvalue weighted by atomic mass is 32.2. The molecule has 1 heterocycles. The lowest BCUT2D eigenvalue weighted by atomic mass is 9.99. The van der Waals surface area contributed by atoms with Crippen LogP contribution in [0, 0.1) is 5.92 Å². The van der Waals surface area contributed by atoms with Crippen molar-refractivity contribution in [2.75, 3.05) is 25.4 Å². The highest BCUT2D eigenvalue weighted by Crippen LogP contribution is 2.19. The molecule has 0 amide bonds. The Morgan fingerprint density at radius 2 is 1.89 bits per heavy atom. The highest BCUT2D eigenvalue weighted by molar-refractivity contribution is 7.92. The van der Waals surface area contributed by atoms with Crippen molar-refractivity contribution < 1.29 is 8.42 Å². The minimum Gasteiger partial charge on any atom is -0.311 e. The zero-order chi connectivity index (χ0) is 14.8. The fourth-order valence-corrected chi connectivity index (χ4v) is 3.55. The quantitative estimate of drug-likeness (QED) is 0.853. The summed E-state index contributed by atoms with van der Waals surface area (Å²) in [7, 11) is -3.03. The summed E-state index contributed by atoms with van der Waals surface area (Å²) in [5.41, 5.74) is 0. The fraction of sp³-hybridized carbons (Fsp3) is 1.00. The summed E-state index contributed by atoms with van der Waals surface area (Å²) in [6, 6.07) is 0.874.